The maximum Gasteiger partial charge on any atom is 0.352 e. The summed E-state index contributed by atoms with van der Waals surface area (Å²) in [5, 5.41) is 18.0. The Labute approximate surface area is 196 Å². The van der Waals surface area contributed by atoms with Crippen LogP contribution in [0.3, 0.4) is 0 Å². The predicted octanol–water partition coefficient (Wildman–Crippen LogP) is -0.00600. The molecule has 2 unspecified atom stereocenters. The number of esters is 1. The molecule has 178 valence electrons. The number of hydrogen-bond acceptors (Lipinski definition) is 9. The Bertz CT molecular complexity index is 1010. The Kier molecular flexibility index (Phi) is 7.29. The number of methoxy groups -OCH3 is 1. The van der Waals surface area contributed by atoms with Gasteiger partial charge in [-0.3, -0.25) is 19.3 Å². The van der Waals surface area contributed by atoms with Gasteiger partial charge in [-0.15, -0.1) is 23.1 Å². The van der Waals surface area contributed by atoms with Crippen LogP contribution in [0.2, 0.25) is 0 Å². The molecule has 0 spiro atoms. The highest BCUT2D eigenvalue weighted by Crippen LogP contribution is 2.46. The first-order valence-electron chi connectivity index (χ1n) is 9.59. The summed E-state index contributed by atoms with van der Waals surface area (Å²) in [4.78, 5) is 62.7. The molecule has 2 aliphatic rings. The lowest BCUT2D eigenvalue weighted by atomic mass is 9.97. The number of fused-ring (bicyclic) bond motifs is 1. The van der Waals surface area contributed by atoms with Gasteiger partial charge in [0.1, 0.15) is 23.7 Å². The zero-order valence-electron chi connectivity index (χ0n) is 17.9. The summed E-state index contributed by atoms with van der Waals surface area (Å²) in [6.45, 7) is 0.917. The second-order valence-corrected chi connectivity index (χ2v) is 9.02. The number of amides is 4. The highest BCUT2D eigenvalue weighted by atomic mass is 32.2. The Morgan fingerprint density at radius 1 is 1.36 bits per heavy atom. The fraction of sp³-hybridized carbons (Fsp3) is 0.421. The number of carboxylic acid groups (broad SMARTS) is 1. The molecule has 1 aromatic heterocycles. The predicted molar refractivity (Wildman–Crippen MR) is 117 cm³/mol. The van der Waals surface area contributed by atoms with E-state index in [1.54, 1.807) is 17.5 Å². The van der Waals surface area contributed by atoms with Crippen molar-refractivity contribution in [1.29, 1.82) is 0 Å². The van der Waals surface area contributed by atoms with Gasteiger partial charge >= 0.3 is 18.0 Å². The lowest BCUT2D eigenvalue weighted by Crippen LogP contribution is -2.81. The molecular weight excluding hydrogens is 476 g/mol. The molecule has 14 heteroatoms. The van der Waals surface area contributed by atoms with Gasteiger partial charge in [-0.2, -0.15) is 0 Å². The Morgan fingerprint density at radius 3 is 2.64 bits per heavy atom. The van der Waals surface area contributed by atoms with Crippen molar-refractivity contribution in [3.8, 4) is 0 Å². The average Bonchev–Trinajstić information content (AvgIpc) is 3.32. The van der Waals surface area contributed by atoms with E-state index in [2.05, 4.69) is 16.0 Å². The van der Waals surface area contributed by atoms with Gasteiger partial charge in [-0.1, -0.05) is 6.07 Å². The Hall–Kier alpha value is -3.10. The number of ether oxygens (including phenoxy) is 2. The van der Waals surface area contributed by atoms with Crippen LogP contribution < -0.4 is 16.0 Å². The van der Waals surface area contributed by atoms with Gasteiger partial charge in [-0.25, -0.2) is 9.59 Å². The highest BCUT2D eigenvalue weighted by Gasteiger charge is 2.67. The van der Waals surface area contributed by atoms with Gasteiger partial charge in [0.2, 0.25) is 0 Å². The third-order valence-electron chi connectivity index (χ3n) is 4.99. The molecule has 3 atom stereocenters. The number of nitrogens with one attached hydrogen (secondary N) is 3. The molecule has 4 N–H and O–H groups in total. The Balaban J connectivity index is 1.87. The van der Waals surface area contributed by atoms with E-state index in [9.17, 15) is 29.1 Å². The number of aliphatic carboxylic acids is 1. The van der Waals surface area contributed by atoms with Crippen LogP contribution in [-0.4, -0.2) is 77.4 Å². The molecule has 12 nitrogen and oxygen atoms in total. The number of hydrogen-bond donors (Lipinski definition) is 4. The van der Waals surface area contributed by atoms with Crippen LogP contribution in [0.5, 0.6) is 0 Å². The summed E-state index contributed by atoms with van der Waals surface area (Å²) in [5.41, 5.74) is -1.90. The topological polar surface area (TPSA) is 163 Å². The van der Waals surface area contributed by atoms with Crippen LogP contribution in [0.4, 0.5) is 4.79 Å². The summed E-state index contributed by atoms with van der Waals surface area (Å²) in [7, 11) is 2.62. The van der Waals surface area contributed by atoms with E-state index >= 15 is 0 Å². The van der Waals surface area contributed by atoms with Crippen molar-refractivity contribution in [2.75, 3.05) is 26.5 Å². The van der Waals surface area contributed by atoms with E-state index in [0.717, 1.165) is 16.7 Å². The van der Waals surface area contributed by atoms with Gasteiger partial charge in [0.15, 0.2) is 0 Å². The van der Waals surface area contributed by atoms with Crippen LogP contribution in [0.1, 0.15) is 17.8 Å². The van der Waals surface area contributed by atoms with Crippen molar-refractivity contribution < 1.29 is 38.6 Å². The zero-order valence-corrected chi connectivity index (χ0v) is 19.5. The lowest BCUT2D eigenvalue weighted by Gasteiger charge is -2.55. The van der Waals surface area contributed by atoms with E-state index in [4.69, 9.17) is 9.47 Å². The lowest BCUT2D eigenvalue weighted by molar-refractivity contribution is -0.193. The summed E-state index contributed by atoms with van der Waals surface area (Å²) >= 11 is 2.39. The van der Waals surface area contributed by atoms with E-state index < -0.39 is 46.9 Å². The standard InChI is InChI=1S/C19H22N4O8S2/c1-9(24)31-7-10-8-33-17-19(30-3,16(28)23(17)13(10)15(26)27)22-14(25)12(21-18(29)20-2)11-5-4-6-32-11/h4-6,12,17H,7-8H2,1-3H3,(H,22,25)(H,26,27)(H2,20,21,29)/t12?,17?,19-/m0/s1. The maximum atomic E-state index is 13.1. The quantitative estimate of drug-likeness (QED) is 0.219. The highest BCUT2D eigenvalue weighted by molar-refractivity contribution is 8.00. The molecule has 2 aliphatic heterocycles. The van der Waals surface area contributed by atoms with E-state index in [1.165, 1.54) is 32.4 Å². The molecule has 0 saturated carbocycles. The smallest absolute Gasteiger partial charge is 0.352 e. The van der Waals surface area contributed by atoms with Crippen molar-refractivity contribution in [3.05, 3.63) is 33.7 Å². The number of urea groups is 1. The molecule has 0 aliphatic carbocycles. The molecule has 3 heterocycles. The van der Waals surface area contributed by atoms with Gasteiger partial charge in [0.05, 0.1) is 0 Å². The number of rotatable bonds is 8. The monoisotopic (exact) mass is 498 g/mol. The largest absolute Gasteiger partial charge is 0.477 e. The van der Waals surface area contributed by atoms with Crippen molar-refractivity contribution in [2.24, 2.45) is 0 Å². The summed E-state index contributed by atoms with van der Waals surface area (Å²) in [6, 6.07) is 1.65. The minimum Gasteiger partial charge on any atom is -0.477 e. The molecule has 0 bridgehead atoms. The van der Waals surface area contributed by atoms with Crippen molar-refractivity contribution in [2.45, 2.75) is 24.1 Å². The number of β-lactam (4-membered cyclic amide) rings is 1. The molecule has 0 aromatic carbocycles. The average molecular weight is 499 g/mol. The second-order valence-electron chi connectivity index (χ2n) is 6.98. The third-order valence-corrected chi connectivity index (χ3v) is 7.30. The molecule has 3 rings (SSSR count). The summed E-state index contributed by atoms with van der Waals surface area (Å²) in [5.74, 6) is -3.32. The number of carbonyl (C=O) groups is 5. The first kappa shape index (κ1) is 24.5. The van der Waals surface area contributed by atoms with Gasteiger partial charge in [0, 0.05) is 37.3 Å². The van der Waals surface area contributed by atoms with Crippen LogP contribution in [-0.2, 0) is 28.7 Å². The minimum atomic E-state index is -1.84. The second kappa shape index (κ2) is 9.80. The van der Waals surface area contributed by atoms with Crippen LogP contribution in [0.15, 0.2) is 28.8 Å². The maximum absolute atomic E-state index is 13.1. The van der Waals surface area contributed by atoms with Crippen molar-refractivity contribution >= 4 is 52.9 Å². The number of carbonyl (C=O) groups excluding carboxylic acids is 4. The molecule has 0 radical (unpaired) electrons. The van der Waals surface area contributed by atoms with E-state index in [1.807, 2.05) is 0 Å². The summed E-state index contributed by atoms with van der Waals surface area (Å²) in [6.07, 6.45) is 0. The van der Waals surface area contributed by atoms with Crippen LogP contribution in [0, 0.1) is 0 Å². The van der Waals surface area contributed by atoms with Crippen molar-refractivity contribution in [3.63, 3.8) is 0 Å². The first-order valence-corrected chi connectivity index (χ1v) is 11.5. The SMILES string of the molecule is CNC(=O)NC(C(=O)N[C@]1(OC)C(=O)N2C(C(=O)O)=C(COC(C)=O)CSC21)c1cccs1. The van der Waals surface area contributed by atoms with Gasteiger partial charge in [0.25, 0.3) is 17.5 Å². The molecular formula is C19H22N4O8S2. The van der Waals surface area contributed by atoms with Gasteiger partial charge < -0.3 is 30.5 Å². The van der Waals surface area contributed by atoms with Crippen LogP contribution in [0.25, 0.3) is 0 Å². The normalized spacial score (nSPS) is 22.6. The molecule has 33 heavy (non-hydrogen) atoms. The number of nitrogens with zero attached hydrogens (tertiary/aromatic N) is 1. The fourth-order valence-corrected chi connectivity index (χ4v) is 5.62. The van der Waals surface area contributed by atoms with Crippen molar-refractivity contribution in [1.82, 2.24) is 20.9 Å². The fourth-order valence-electron chi connectivity index (χ4n) is 3.42. The zero-order chi connectivity index (χ0) is 24.3. The van der Waals surface area contributed by atoms with E-state index in [0.29, 0.717) is 4.88 Å². The molecule has 4 amide bonds. The molecule has 1 fully saturated rings. The molecule has 1 aromatic rings. The van der Waals surface area contributed by atoms with Gasteiger partial charge in [-0.05, 0) is 11.4 Å². The van der Waals surface area contributed by atoms with E-state index in [-0.39, 0.29) is 23.6 Å². The molecule has 1 saturated heterocycles. The third kappa shape index (κ3) is 4.54. The summed E-state index contributed by atoms with van der Waals surface area (Å²) < 4.78 is 10.3. The van der Waals surface area contributed by atoms with Crippen LogP contribution >= 0.6 is 23.1 Å². The number of carboxylic acids is 1. The first-order chi connectivity index (χ1) is 15.7. The Morgan fingerprint density at radius 2 is 2.09 bits per heavy atom. The minimum absolute atomic E-state index is 0.134. The number of thioether (sulfide) groups is 1. The number of thiophene rings is 1.